The highest BCUT2D eigenvalue weighted by Gasteiger charge is 2.31. The van der Waals surface area contributed by atoms with Crippen molar-refractivity contribution in [2.45, 2.75) is 39.0 Å². The largest absolute Gasteiger partial charge is 0.376 e. The third-order valence-corrected chi connectivity index (χ3v) is 3.83. The van der Waals surface area contributed by atoms with E-state index in [0.29, 0.717) is 6.04 Å². The predicted octanol–water partition coefficient (Wildman–Crippen LogP) is 1.06. The highest BCUT2D eigenvalue weighted by Crippen LogP contribution is 2.28. The molecule has 0 aliphatic carbocycles. The van der Waals surface area contributed by atoms with Gasteiger partial charge in [-0.2, -0.15) is 5.10 Å². The topological polar surface area (TPSA) is 42.3 Å². The van der Waals surface area contributed by atoms with E-state index in [0.717, 1.165) is 25.3 Å². The molecule has 2 atom stereocenters. The first-order valence-electron chi connectivity index (χ1n) is 6.57. The van der Waals surface area contributed by atoms with Gasteiger partial charge >= 0.3 is 0 Å². The summed E-state index contributed by atoms with van der Waals surface area (Å²) in [5.41, 5.74) is 2.38. The Kier molecular flexibility index (Phi) is 3.92. The SMILES string of the molecule is CNCc1c(C)nn(C)c1N(C)C1CCOC1C. The monoisotopic (exact) mass is 252 g/mol. The average molecular weight is 252 g/mol. The Balaban J connectivity index is 2.31. The summed E-state index contributed by atoms with van der Waals surface area (Å²) in [5.74, 6) is 1.20. The van der Waals surface area contributed by atoms with Crippen molar-refractivity contribution in [2.75, 3.05) is 25.6 Å². The molecule has 0 amide bonds. The van der Waals surface area contributed by atoms with Gasteiger partial charge in [0.1, 0.15) is 5.82 Å². The van der Waals surface area contributed by atoms with E-state index in [1.165, 1.54) is 11.4 Å². The van der Waals surface area contributed by atoms with E-state index in [9.17, 15) is 0 Å². The second-order valence-corrected chi connectivity index (χ2v) is 5.08. The molecule has 0 bridgehead atoms. The van der Waals surface area contributed by atoms with Gasteiger partial charge in [0.25, 0.3) is 0 Å². The van der Waals surface area contributed by atoms with E-state index in [1.54, 1.807) is 0 Å². The molecular weight excluding hydrogens is 228 g/mol. The lowest BCUT2D eigenvalue weighted by atomic mass is 10.1. The Morgan fingerprint density at radius 2 is 2.28 bits per heavy atom. The van der Waals surface area contributed by atoms with E-state index in [1.807, 2.05) is 18.8 Å². The van der Waals surface area contributed by atoms with Crippen LogP contribution in [0.4, 0.5) is 5.82 Å². The lowest BCUT2D eigenvalue weighted by Crippen LogP contribution is -2.38. The van der Waals surface area contributed by atoms with Gasteiger partial charge in [0, 0.05) is 32.8 Å². The van der Waals surface area contributed by atoms with Crippen molar-refractivity contribution in [1.82, 2.24) is 15.1 Å². The van der Waals surface area contributed by atoms with Gasteiger partial charge in [-0.3, -0.25) is 4.68 Å². The van der Waals surface area contributed by atoms with Gasteiger partial charge in [0.05, 0.1) is 17.8 Å². The number of nitrogens with zero attached hydrogens (tertiary/aromatic N) is 3. The normalized spacial score (nSPS) is 23.6. The molecule has 1 aliphatic heterocycles. The molecule has 0 saturated carbocycles. The number of ether oxygens (including phenoxy) is 1. The van der Waals surface area contributed by atoms with Gasteiger partial charge in [-0.25, -0.2) is 0 Å². The summed E-state index contributed by atoms with van der Waals surface area (Å²) in [7, 11) is 6.13. The fourth-order valence-corrected chi connectivity index (χ4v) is 2.90. The molecule has 2 rings (SSSR count). The van der Waals surface area contributed by atoms with Crippen LogP contribution in [0.5, 0.6) is 0 Å². The van der Waals surface area contributed by atoms with Gasteiger partial charge in [0.2, 0.25) is 0 Å². The number of anilines is 1. The van der Waals surface area contributed by atoms with Crippen molar-refractivity contribution in [3.05, 3.63) is 11.3 Å². The lowest BCUT2D eigenvalue weighted by Gasteiger charge is -2.29. The molecule has 2 heterocycles. The van der Waals surface area contributed by atoms with Crippen LogP contribution in [-0.4, -0.2) is 42.6 Å². The zero-order valence-electron chi connectivity index (χ0n) is 12.0. The molecule has 2 unspecified atom stereocenters. The van der Waals surface area contributed by atoms with Gasteiger partial charge in [-0.15, -0.1) is 0 Å². The summed E-state index contributed by atoms with van der Waals surface area (Å²) < 4.78 is 7.65. The van der Waals surface area contributed by atoms with E-state index >= 15 is 0 Å². The molecule has 5 nitrogen and oxygen atoms in total. The van der Waals surface area contributed by atoms with Crippen molar-refractivity contribution < 1.29 is 4.74 Å². The number of hydrogen-bond acceptors (Lipinski definition) is 4. The molecular formula is C13H24N4O. The minimum atomic E-state index is 0.285. The summed E-state index contributed by atoms with van der Waals surface area (Å²) in [4.78, 5) is 2.32. The van der Waals surface area contributed by atoms with Crippen LogP contribution in [0.2, 0.25) is 0 Å². The molecule has 1 saturated heterocycles. The number of rotatable bonds is 4. The van der Waals surface area contributed by atoms with Gasteiger partial charge < -0.3 is 15.0 Å². The molecule has 0 aromatic carbocycles. The first-order chi connectivity index (χ1) is 8.56. The van der Waals surface area contributed by atoms with Crippen LogP contribution in [-0.2, 0) is 18.3 Å². The smallest absolute Gasteiger partial charge is 0.131 e. The Hall–Kier alpha value is -1.07. The quantitative estimate of drug-likeness (QED) is 0.870. The molecule has 0 radical (unpaired) electrons. The van der Waals surface area contributed by atoms with E-state index in [2.05, 4.69) is 36.2 Å². The van der Waals surface area contributed by atoms with Crippen LogP contribution in [0.1, 0.15) is 24.6 Å². The maximum atomic E-state index is 5.67. The zero-order chi connectivity index (χ0) is 13.3. The van der Waals surface area contributed by atoms with Crippen LogP contribution >= 0.6 is 0 Å². The fourth-order valence-electron chi connectivity index (χ4n) is 2.90. The third-order valence-electron chi connectivity index (χ3n) is 3.83. The van der Waals surface area contributed by atoms with Crippen LogP contribution in [0, 0.1) is 6.92 Å². The number of aryl methyl sites for hydroxylation is 2. The zero-order valence-corrected chi connectivity index (χ0v) is 12.0. The van der Waals surface area contributed by atoms with Crippen LogP contribution in [0.25, 0.3) is 0 Å². The summed E-state index contributed by atoms with van der Waals surface area (Å²) >= 11 is 0. The first-order valence-corrected chi connectivity index (χ1v) is 6.57. The Labute approximate surface area is 109 Å². The van der Waals surface area contributed by atoms with Crippen LogP contribution in [0.3, 0.4) is 0 Å². The van der Waals surface area contributed by atoms with E-state index < -0.39 is 0 Å². The van der Waals surface area contributed by atoms with Gasteiger partial charge in [-0.05, 0) is 27.3 Å². The molecule has 1 N–H and O–H groups in total. The van der Waals surface area contributed by atoms with Crippen molar-refractivity contribution in [3.8, 4) is 0 Å². The lowest BCUT2D eigenvalue weighted by molar-refractivity contribution is 0.118. The number of nitrogens with one attached hydrogen (secondary N) is 1. The standard InChI is InChI=1S/C13H24N4O/c1-9-11(8-14-3)13(17(5)15-9)16(4)12-6-7-18-10(12)2/h10,12,14H,6-8H2,1-5H3. The predicted molar refractivity (Wildman–Crippen MR) is 72.9 cm³/mol. The molecule has 1 aliphatic rings. The van der Waals surface area contributed by atoms with Gasteiger partial charge in [-0.1, -0.05) is 0 Å². The Bertz CT molecular complexity index is 415. The third kappa shape index (κ3) is 2.24. The average Bonchev–Trinajstić information content (AvgIpc) is 2.84. The van der Waals surface area contributed by atoms with Crippen LogP contribution in [0.15, 0.2) is 0 Å². The minimum absolute atomic E-state index is 0.285. The number of hydrogen-bond donors (Lipinski definition) is 1. The Morgan fingerprint density at radius 1 is 1.56 bits per heavy atom. The molecule has 1 fully saturated rings. The Morgan fingerprint density at radius 3 is 2.83 bits per heavy atom. The molecule has 1 aromatic heterocycles. The van der Waals surface area contributed by atoms with Crippen LogP contribution < -0.4 is 10.2 Å². The summed E-state index contributed by atoms with van der Waals surface area (Å²) in [6.45, 7) is 5.92. The number of aromatic nitrogens is 2. The highest BCUT2D eigenvalue weighted by molar-refractivity contribution is 5.50. The second kappa shape index (κ2) is 5.28. The van der Waals surface area contributed by atoms with E-state index in [-0.39, 0.29) is 6.10 Å². The second-order valence-electron chi connectivity index (χ2n) is 5.08. The minimum Gasteiger partial charge on any atom is -0.376 e. The van der Waals surface area contributed by atoms with E-state index in [4.69, 9.17) is 4.74 Å². The first kappa shape index (κ1) is 13.4. The van der Waals surface area contributed by atoms with Crippen molar-refractivity contribution in [3.63, 3.8) is 0 Å². The molecule has 102 valence electrons. The van der Waals surface area contributed by atoms with Crippen molar-refractivity contribution in [2.24, 2.45) is 7.05 Å². The summed E-state index contributed by atoms with van der Waals surface area (Å²) in [6, 6.07) is 0.440. The van der Waals surface area contributed by atoms with Gasteiger partial charge in [0.15, 0.2) is 0 Å². The molecule has 5 heteroatoms. The molecule has 0 spiro atoms. The summed E-state index contributed by atoms with van der Waals surface area (Å²) in [6.07, 6.45) is 1.37. The molecule has 1 aromatic rings. The van der Waals surface area contributed by atoms with Crippen molar-refractivity contribution in [1.29, 1.82) is 0 Å². The summed E-state index contributed by atoms with van der Waals surface area (Å²) in [5, 5.41) is 7.77. The highest BCUT2D eigenvalue weighted by atomic mass is 16.5. The maximum Gasteiger partial charge on any atom is 0.131 e. The fraction of sp³-hybridized carbons (Fsp3) is 0.769. The number of likely N-dealkylation sites (N-methyl/N-ethyl adjacent to an activating group) is 1. The molecule has 18 heavy (non-hydrogen) atoms. The maximum absolute atomic E-state index is 5.67. The van der Waals surface area contributed by atoms with Crippen molar-refractivity contribution >= 4 is 5.82 Å².